The highest BCUT2D eigenvalue weighted by Crippen LogP contribution is 2.34. The fourth-order valence-electron chi connectivity index (χ4n) is 4.56. The average Bonchev–Trinajstić information content (AvgIpc) is 2.95. The summed E-state index contributed by atoms with van der Waals surface area (Å²) in [4.78, 5) is 15.4. The maximum Gasteiger partial charge on any atom is 0.490 e. The Morgan fingerprint density at radius 3 is 2.50 bits per heavy atom. The number of methoxy groups -OCH3 is 1. The van der Waals surface area contributed by atoms with Crippen molar-refractivity contribution in [3.8, 4) is 5.75 Å². The predicted octanol–water partition coefficient (Wildman–Crippen LogP) is 3.19. The van der Waals surface area contributed by atoms with E-state index in [2.05, 4.69) is 16.0 Å². The maximum atomic E-state index is 13.2. The first kappa shape index (κ1) is 27.9. The normalized spacial score (nSPS) is 22.1. The second-order valence-electron chi connectivity index (χ2n) is 8.82. The summed E-state index contributed by atoms with van der Waals surface area (Å²) in [6.45, 7) is 3.79. The summed E-state index contributed by atoms with van der Waals surface area (Å²) in [5.74, 6) is -1.72. The number of hydrogen-bond donors (Lipinski definition) is 1. The number of hydrogen-bond acceptors (Lipinski definition) is 6. The summed E-state index contributed by atoms with van der Waals surface area (Å²) in [5.41, 5.74) is 2.29. The number of aromatic nitrogens is 1. The molecule has 1 aromatic carbocycles. The van der Waals surface area contributed by atoms with Gasteiger partial charge in [-0.15, -0.1) is 0 Å². The van der Waals surface area contributed by atoms with Gasteiger partial charge in [0.05, 0.1) is 12.4 Å². The largest absolute Gasteiger partial charge is 0.497 e. The van der Waals surface area contributed by atoms with E-state index in [1.54, 1.807) is 17.6 Å². The molecule has 4 rings (SSSR count). The van der Waals surface area contributed by atoms with Gasteiger partial charge in [0.1, 0.15) is 5.75 Å². The molecule has 2 aliphatic rings. The summed E-state index contributed by atoms with van der Waals surface area (Å²) >= 11 is 0. The van der Waals surface area contributed by atoms with Crippen molar-refractivity contribution in [3.05, 3.63) is 59.9 Å². The van der Waals surface area contributed by atoms with Crippen molar-refractivity contribution in [1.82, 2.24) is 14.2 Å². The molecule has 0 bridgehead atoms. The van der Waals surface area contributed by atoms with Crippen molar-refractivity contribution in [3.63, 3.8) is 0 Å². The van der Waals surface area contributed by atoms with Crippen LogP contribution in [0.4, 0.5) is 13.2 Å². The first-order valence-electron chi connectivity index (χ1n) is 11.5. The van der Waals surface area contributed by atoms with Crippen LogP contribution in [-0.2, 0) is 27.8 Å². The Balaban J connectivity index is 0.000000454. The molecule has 2 atom stereocenters. The van der Waals surface area contributed by atoms with Crippen LogP contribution in [0.1, 0.15) is 24.0 Å². The Kier molecular flexibility index (Phi) is 9.31. The smallest absolute Gasteiger partial charge is 0.490 e. The molecule has 36 heavy (non-hydrogen) atoms. The van der Waals surface area contributed by atoms with Gasteiger partial charge in [0, 0.05) is 32.0 Å². The molecule has 2 aromatic rings. The lowest BCUT2D eigenvalue weighted by molar-refractivity contribution is -0.192. The number of nitrogens with zero attached hydrogens (tertiary/aromatic N) is 3. The van der Waals surface area contributed by atoms with E-state index in [4.69, 9.17) is 14.6 Å². The number of sulfonamides is 1. The van der Waals surface area contributed by atoms with Crippen molar-refractivity contribution in [1.29, 1.82) is 0 Å². The van der Waals surface area contributed by atoms with E-state index in [-0.39, 0.29) is 11.2 Å². The van der Waals surface area contributed by atoms with E-state index in [1.165, 1.54) is 5.56 Å². The molecule has 8 nitrogen and oxygen atoms in total. The third-order valence-corrected chi connectivity index (χ3v) is 8.85. The molecule has 0 saturated carbocycles. The van der Waals surface area contributed by atoms with Crippen LogP contribution in [-0.4, -0.2) is 78.4 Å². The highest BCUT2D eigenvalue weighted by atomic mass is 32.2. The number of benzene rings is 1. The van der Waals surface area contributed by atoms with Gasteiger partial charge < -0.3 is 9.84 Å². The first-order chi connectivity index (χ1) is 17.0. The van der Waals surface area contributed by atoms with Crippen LogP contribution < -0.4 is 4.74 Å². The second kappa shape index (κ2) is 12.0. The highest BCUT2D eigenvalue weighted by molar-refractivity contribution is 7.90. The molecule has 0 aliphatic carbocycles. The van der Waals surface area contributed by atoms with Crippen molar-refractivity contribution < 1.29 is 36.2 Å². The van der Waals surface area contributed by atoms with Gasteiger partial charge in [-0.25, -0.2) is 17.5 Å². The van der Waals surface area contributed by atoms with Gasteiger partial charge in [0.15, 0.2) is 0 Å². The van der Waals surface area contributed by atoms with E-state index in [9.17, 15) is 21.6 Å². The molecule has 198 valence electrons. The SMILES string of the molecule is COc1cccc(CCN2C[C@H]3CCN(Cc4cccnc4)CC[C@H]3S2(=O)=O)c1.O=C(O)C(F)(F)F. The summed E-state index contributed by atoms with van der Waals surface area (Å²) in [5, 5.41) is 6.88. The Morgan fingerprint density at radius 2 is 1.86 bits per heavy atom. The molecule has 2 aliphatic heterocycles. The fraction of sp³-hybridized carbons (Fsp3) is 0.500. The van der Waals surface area contributed by atoms with E-state index in [0.717, 1.165) is 37.4 Å². The number of alkyl halides is 3. The average molecular weight is 530 g/mol. The number of halogens is 3. The zero-order valence-corrected chi connectivity index (χ0v) is 20.7. The van der Waals surface area contributed by atoms with Crippen LogP contribution in [0.2, 0.25) is 0 Å². The summed E-state index contributed by atoms with van der Waals surface area (Å²) < 4.78 is 65.1. The zero-order valence-electron chi connectivity index (χ0n) is 19.9. The van der Waals surface area contributed by atoms with Gasteiger partial charge in [-0.3, -0.25) is 9.88 Å². The van der Waals surface area contributed by atoms with Crippen LogP contribution in [0.15, 0.2) is 48.8 Å². The Morgan fingerprint density at radius 1 is 1.17 bits per heavy atom. The predicted molar refractivity (Wildman–Crippen MR) is 127 cm³/mol. The topological polar surface area (TPSA) is 100 Å². The summed E-state index contributed by atoms with van der Waals surface area (Å²) in [6, 6.07) is 11.9. The van der Waals surface area contributed by atoms with Gasteiger partial charge in [0.25, 0.3) is 0 Å². The zero-order chi connectivity index (χ0) is 26.3. The number of carboxylic acid groups (broad SMARTS) is 1. The summed E-state index contributed by atoms with van der Waals surface area (Å²) in [6.07, 6.45) is 0.942. The number of aliphatic carboxylic acids is 1. The number of rotatable bonds is 6. The number of fused-ring (bicyclic) bond motifs is 1. The Hall–Kier alpha value is -2.70. The van der Waals surface area contributed by atoms with E-state index in [0.29, 0.717) is 25.9 Å². The van der Waals surface area contributed by atoms with Crippen LogP contribution in [0.25, 0.3) is 0 Å². The molecule has 0 unspecified atom stereocenters. The molecule has 0 amide bonds. The van der Waals surface area contributed by atoms with Crippen LogP contribution in [0, 0.1) is 5.92 Å². The van der Waals surface area contributed by atoms with Crippen LogP contribution in [0.5, 0.6) is 5.75 Å². The molecule has 0 radical (unpaired) electrons. The first-order valence-corrected chi connectivity index (χ1v) is 13.0. The molecule has 2 saturated heterocycles. The van der Waals surface area contributed by atoms with Crippen molar-refractivity contribution in [2.75, 3.05) is 33.3 Å². The van der Waals surface area contributed by atoms with Gasteiger partial charge in [-0.1, -0.05) is 18.2 Å². The molecule has 2 fully saturated rings. The van der Waals surface area contributed by atoms with Crippen molar-refractivity contribution in [2.45, 2.75) is 37.2 Å². The van der Waals surface area contributed by atoms with Gasteiger partial charge in [0.2, 0.25) is 10.0 Å². The third kappa shape index (κ3) is 7.40. The standard InChI is InChI=1S/C22H29N3O3S.C2HF3O2/c1-28-21-6-2-4-18(14-21)7-13-25-17-20-8-11-24(12-9-22(20)29(25,26)27)16-19-5-3-10-23-15-19;3-2(4,5)1(6)7/h2-6,10,14-15,20,22H,7-9,11-13,16-17H2,1H3;(H,6,7)/t20-,22-;/m1./s1. The lowest BCUT2D eigenvalue weighted by atomic mass is 10.0. The monoisotopic (exact) mass is 529 g/mol. The Labute approximate surface area is 208 Å². The van der Waals surface area contributed by atoms with Crippen LogP contribution >= 0.6 is 0 Å². The summed E-state index contributed by atoms with van der Waals surface area (Å²) in [7, 11) is -1.58. The quantitative estimate of drug-likeness (QED) is 0.614. The highest BCUT2D eigenvalue weighted by Gasteiger charge is 2.46. The lowest BCUT2D eigenvalue weighted by Crippen LogP contribution is -2.33. The number of carbonyl (C=O) groups is 1. The van der Waals surface area contributed by atoms with Gasteiger partial charge >= 0.3 is 12.1 Å². The van der Waals surface area contributed by atoms with Crippen molar-refractivity contribution in [2.24, 2.45) is 5.92 Å². The van der Waals surface area contributed by atoms with Gasteiger partial charge in [-0.2, -0.15) is 13.2 Å². The molecular formula is C24H30F3N3O5S. The molecule has 1 N–H and O–H groups in total. The third-order valence-electron chi connectivity index (χ3n) is 6.41. The molecule has 3 heterocycles. The maximum absolute atomic E-state index is 13.2. The molecule has 12 heteroatoms. The number of carboxylic acids is 1. The minimum Gasteiger partial charge on any atom is -0.497 e. The van der Waals surface area contributed by atoms with Crippen molar-refractivity contribution >= 4 is 16.0 Å². The number of ether oxygens (including phenoxy) is 1. The van der Waals surface area contributed by atoms with Crippen LogP contribution in [0.3, 0.4) is 0 Å². The minimum atomic E-state index is -5.08. The molecular weight excluding hydrogens is 499 g/mol. The number of pyridine rings is 1. The van der Waals surface area contributed by atoms with Gasteiger partial charge in [-0.05, 0) is 67.6 Å². The number of likely N-dealkylation sites (tertiary alicyclic amines) is 1. The van der Waals surface area contributed by atoms with E-state index >= 15 is 0 Å². The molecule has 1 aromatic heterocycles. The lowest BCUT2D eigenvalue weighted by Gasteiger charge is -2.21. The van der Waals surface area contributed by atoms with E-state index < -0.39 is 22.2 Å². The fourth-order valence-corrected chi connectivity index (χ4v) is 6.80. The molecule has 0 spiro atoms. The minimum absolute atomic E-state index is 0.226. The second-order valence-corrected chi connectivity index (χ2v) is 11.0. The van der Waals surface area contributed by atoms with E-state index in [1.807, 2.05) is 36.5 Å². The Bertz CT molecular complexity index is 1120.